The van der Waals surface area contributed by atoms with Crippen LogP contribution >= 0.6 is 23.2 Å². The summed E-state index contributed by atoms with van der Waals surface area (Å²) in [5.74, 6) is 0.0331. The van der Waals surface area contributed by atoms with Gasteiger partial charge in [-0.1, -0.05) is 47.5 Å². The van der Waals surface area contributed by atoms with Gasteiger partial charge in [-0.2, -0.15) is 0 Å². The average molecular weight is 375 g/mol. The Morgan fingerprint density at radius 3 is 2.68 bits per heavy atom. The minimum atomic E-state index is -0.550. The first-order valence-electron chi connectivity index (χ1n) is 7.29. The summed E-state index contributed by atoms with van der Waals surface area (Å²) in [7, 11) is 0. The van der Waals surface area contributed by atoms with E-state index in [1.54, 1.807) is 24.3 Å². The van der Waals surface area contributed by atoms with Gasteiger partial charge in [0, 0.05) is 21.7 Å². The number of hydrogen-bond acceptors (Lipinski definition) is 5. The van der Waals surface area contributed by atoms with Crippen LogP contribution in [-0.4, -0.2) is 16.2 Å². The molecule has 0 unspecified atom stereocenters. The Labute approximate surface area is 153 Å². The monoisotopic (exact) mass is 374 g/mol. The van der Waals surface area contributed by atoms with E-state index in [1.807, 2.05) is 30.3 Å². The Hall–Kier alpha value is -2.63. The van der Waals surface area contributed by atoms with Gasteiger partial charge in [0.2, 0.25) is 5.89 Å². The number of nitrogens with zero attached hydrogens (tertiary/aromatic N) is 2. The van der Waals surface area contributed by atoms with E-state index in [0.29, 0.717) is 21.5 Å². The highest BCUT2D eigenvalue weighted by Gasteiger charge is 2.09. The van der Waals surface area contributed by atoms with Crippen LogP contribution in [0.4, 0.5) is 0 Å². The van der Waals surface area contributed by atoms with Gasteiger partial charge in [-0.3, -0.25) is 0 Å². The molecule has 0 atom stereocenters. The van der Waals surface area contributed by atoms with Crippen LogP contribution in [0, 0.1) is 0 Å². The molecule has 5 nitrogen and oxygen atoms in total. The van der Waals surface area contributed by atoms with Crippen molar-refractivity contribution in [1.82, 2.24) is 10.2 Å². The van der Waals surface area contributed by atoms with Gasteiger partial charge in [-0.25, -0.2) is 4.79 Å². The summed E-state index contributed by atoms with van der Waals surface area (Å²) in [6, 6.07) is 14.3. The fourth-order valence-corrected chi connectivity index (χ4v) is 2.46. The van der Waals surface area contributed by atoms with Gasteiger partial charge in [-0.05, 0) is 35.9 Å². The Morgan fingerprint density at radius 2 is 1.92 bits per heavy atom. The largest absolute Gasteiger partial charge is 0.452 e. The number of ether oxygens (including phenoxy) is 1. The van der Waals surface area contributed by atoms with Gasteiger partial charge in [0.15, 0.2) is 6.61 Å². The highest BCUT2D eigenvalue weighted by Crippen LogP contribution is 2.22. The summed E-state index contributed by atoms with van der Waals surface area (Å²) in [5, 5.41) is 8.74. The highest BCUT2D eigenvalue weighted by molar-refractivity contribution is 6.35. The molecule has 0 spiro atoms. The molecule has 7 heteroatoms. The van der Waals surface area contributed by atoms with Gasteiger partial charge >= 0.3 is 5.97 Å². The average Bonchev–Trinajstić information content (AvgIpc) is 3.09. The summed E-state index contributed by atoms with van der Waals surface area (Å²) in [5.41, 5.74) is 1.46. The highest BCUT2D eigenvalue weighted by atomic mass is 35.5. The number of carbonyl (C=O) groups excluding carboxylic acids is 1. The Bertz CT molecular complexity index is 908. The zero-order chi connectivity index (χ0) is 17.6. The maximum Gasteiger partial charge on any atom is 0.331 e. The number of esters is 1. The zero-order valence-corrected chi connectivity index (χ0v) is 14.4. The first-order valence-corrected chi connectivity index (χ1v) is 8.05. The SMILES string of the molecule is O=C(/C=C/c1ccc(Cl)cc1Cl)OCc1nnc(-c2ccccc2)o1. The summed E-state index contributed by atoms with van der Waals surface area (Å²) < 4.78 is 10.5. The molecule has 2 aromatic carbocycles. The van der Waals surface area contributed by atoms with Gasteiger partial charge in [0.05, 0.1) is 0 Å². The third-order valence-electron chi connectivity index (χ3n) is 3.19. The van der Waals surface area contributed by atoms with Crippen molar-refractivity contribution in [3.8, 4) is 11.5 Å². The molecular formula is C18H12Cl2N2O3. The van der Waals surface area contributed by atoms with Crippen molar-refractivity contribution in [2.75, 3.05) is 0 Å². The number of hydrogen-bond donors (Lipinski definition) is 0. The molecule has 3 rings (SSSR count). The van der Waals surface area contributed by atoms with Crippen molar-refractivity contribution >= 4 is 35.2 Å². The molecule has 0 bridgehead atoms. The van der Waals surface area contributed by atoms with Gasteiger partial charge < -0.3 is 9.15 Å². The molecule has 0 aliphatic rings. The number of rotatable bonds is 5. The van der Waals surface area contributed by atoms with E-state index in [0.717, 1.165) is 5.56 Å². The van der Waals surface area contributed by atoms with Crippen molar-refractivity contribution < 1.29 is 13.9 Å². The Balaban J connectivity index is 1.57. The molecule has 3 aromatic rings. The van der Waals surface area contributed by atoms with E-state index in [1.165, 1.54) is 6.08 Å². The molecule has 0 aliphatic carbocycles. The lowest BCUT2D eigenvalue weighted by molar-refractivity contribution is -0.139. The Morgan fingerprint density at radius 1 is 1.12 bits per heavy atom. The summed E-state index contributed by atoms with van der Waals surface area (Å²) in [6.07, 6.45) is 2.81. The van der Waals surface area contributed by atoms with E-state index in [2.05, 4.69) is 10.2 Å². The first kappa shape index (κ1) is 17.2. The fraction of sp³-hybridized carbons (Fsp3) is 0.0556. The summed E-state index contributed by atoms with van der Waals surface area (Å²) in [4.78, 5) is 11.8. The number of benzene rings is 2. The van der Waals surface area contributed by atoms with Gasteiger partial charge in [0.25, 0.3) is 5.89 Å². The smallest absolute Gasteiger partial charge is 0.331 e. The van der Waals surface area contributed by atoms with Crippen LogP contribution in [0.3, 0.4) is 0 Å². The topological polar surface area (TPSA) is 65.2 Å². The van der Waals surface area contributed by atoms with Crippen LogP contribution in [0.15, 0.2) is 59.0 Å². The molecule has 0 N–H and O–H groups in total. The van der Waals surface area contributed by atoms with Crippen LogP contribution in [0.1, 0.15) is 11.5 Å². The molecule has 1 aromatic heterocycles. The quantitative estimate of drug-likeness (QED) is 0.473. The zero-order valence-electron chi connectivity index (χ0n) is 12.9. The number of carbonyl (C=O) groups is 1. The molecule has 25 heavy (non-hydrogen) atoms. The van der Waals surface area contributed by atoms with Crippen molar-refractivity contribution in [2.24, 2.45) is 0 Å². The Kier molecular flexibility index (Phi) is 5.48. The first-order chi connectivity index (χ1) is 12.1. The molecule has 0 saturated heterocycles. The second-order valence-corrected chi connectivity index (χ2v) is 5.82. The fourth-order valence-electron chi connectivity index (χ4n) is 1.98. The molecule has 0 fully saturated rings. The predicted octanol–water partition coefficient (Wildman–Crippen LogP) is 4.80. The molecule has 126 valence electrons. The second kappa shape index (κ2) is 7.96. The van der Waals surface area contributed by atoms with Crippen molar-refractivity contribution in [2.45, 2.75) is 6.61 Å². The molecule has 0 amide bonds. The normalized spacial score (nSPS) is 11.0. The summed E-state index contributed by atoms with van der Waals surface area (Å²) >= 11 is 11.8. The van der Waals surface area contributed by atoms with Crippen LogP contribution in [0.2, 0.25) is 10.0 Å². The van der Waals surface area contributed by atoms with E-state index < -0.39 is 5.97 Å². The molecule has 0 saturated carbocycles. The molecular weight excluding hydrogens is 363 g/mol. The number of aromatic nitrogens is 2. The standard InChI is InChI=1S/C18H12Cl2N2O3/c19-14-8-6-12(15(20)10-14)7-9-17(23)24-11-16-21-22-18(25-16)13-4-2-1-3-5-13/h1-10H,11H2/b9-7+. The molecule has 0 radical (unpaired) electrons. The maximum atomic E-state index is 11.8. The van der Waals surface area contributed by atoms with Gasteiger partial charge in [0.1, 0.15) is 0 Å². The van der Waals surface area contributed by atoms with Crippen LogP contribution < -0.4 is 0 Å². The molecule has 1 heterocycles. The maximum absolute atomic E-state index is 11.8. The van der Waals surface area contributed by atoms with Crippen molar-refractivity contribution in [1.29, 1.82) is 0 Å². The lowest BCUT2D eigenvalue weighted by atomic mass is 10.2. The number of halogens is 2. The predicted molar refractivity (Wildman–Crippen MR) is 95.0 cm³/mol. The van der Waals surface area contributed by atoms with Gasteiger partial charge in [-0.15, -0.1) is 10.2 Å². The van der Waals surface area contributed by atoms with E-state index in [-0.39, 0.29) is 12.5 Å². The third kappa shape index (κ3) is 4.68. The van der Waals surface area contributed by atoms with E-state index in [9.17, 15) is 4.79 Å². The van der Waals surface area contributed by atoms with Crippen molar-refractivity contribution in [3.63, 3.8) is 0 Å². The molecule has 0 aliphatic heterocycles. The lowest BCUT2D eigenvalue weighted by Gasteiger charge is -1.99. The van der Waals surface area contributed by atoms with Crippen molar-refractivity contribution in [3.05, 3.63) is 76.1 Å². The van der Waals surface area contributed by atoms with Crippen LogP contribution in [0.25, 0.3) is 17.5 Å². The lowest BCUT2D eigenvalue weighted by Crippen LogP contribution is -2.01. The van der Waals surface area contributed by atoms with Crippen LogP contribution in [0.5, 0.6) is 0 Å². The third-order valence-corrected chi connectivity index (χ3v) is 3.75. The second-order valence-electron chi connectivity index (χ2n) is 4.97. The van der Waals surface area contributed by atoms with E-state index in [4.69, 9.17) is 32.4 Å². The van der Waals surface area contributed by atoms with Crippen LogP contribution in [-0.2, 0) is 16.1 Å². The summed E-state index contributed by atoms with van der Waals surface area (Å²) in [6.45, 7) is -0.114. The minimum absolute atomic E-state index is 0.114. The minimum Gasteiger partial charge on any atom is -0.452 e. The van der Waals surface area contributed by atoms with E-state index >= 15 is 0 Å².